The van der Waals surface area contributed by atoms with Crippen molar-refractivity contribution in [1.29, 1.82) is 5.26 Å². The summed E-state index contributed by atoms with van der Waals surface area (Å²) < 4.78 is 29.2. The Morgan fingerprint density at radius 1 is 1.18 bits per heavy atom. The molecule has 4 aromatic rings. The Hall–Kier alpha value is -4.66. The molecule has 0 radical (unpaired) electrons. The minimum atomic E-state index is -0.603. The Labute approximate surface area is 185 Å². The van der Waals surface area contributed by atoms with Gasteiger partial charge in [0.05, 0.1) is 29.0 Å². The lowest BCUT2D eigenvalue weighted by atomic mass is 10.2. The Bertz CT molecular complexity index is 1490. The van der Waals surface area contributed by atoms with E-state index in [1.807, 2.05) is 6.07 Å². The molecule has 3 aromatic heterocycles. The second-order valence-corrected chi connectivity index (χ2v) is 7.07. The van der Waals surface area contributed by atoms with Crippen molar-refractivity contribution in [3.05, 3.63) is 69.5 Å². The van der Waals surface area contributed by atoms with Crippen LogP contribution in [0.4, 0.5) is 26.4 Å². The molecule has 0 fully saturated rings. The number of nitrogens with zero attached hydrogens (tertiary/aromatic N) is 6. The zero-order valence-corrected chi connectivity index (χ0v) is 17.3. The molecule has 0 spiro atoms. The average Bonchev–Trinajstić information content (AvgIpc) is 2.77. The van der Waals surface area contributed by atoms with Gasteiger partial charge < -0.3 is 16.8 Å². The number of hydrogen-bond acceptors (Lipinski definition) is 9. The van der Waals surface area contributed by atoms with E-state index in [-0.39, 0.29) is 64.1 Å². The molecule has 0 amide bonds. The predicted octanol–water partition coefficient (Wildman–Crippen LogP) is 1.85. The van der Waals surface area contributed by atoms with Crippen LogP contribution < -0.4 is 22.3 Å². The van der Waals surface area contributed by atoms with E-state index in [2.05, 4.69) is 25.3 Å². The van der Waals surface area contributed by atoms with Gasteiger partial charge >= 0.3 is 0 Å². The van der Waals surface area contributed by atoms with Crippen molar-refractivity contribution in [1.82, 2.24) is 24.5 Å². The number of nitrogens with one attached hydrogen (secondary N) is 1. The summed E-state index contributed by atoms with van der Waals surface area (Å²) >= 11 is 0. The minimum absolute atomic E-state index is 0.0220. The lowest BCUT2D eigenvalue weighted by Crippen LogP contribution is -2.26. The van der Waals surface area contributed by atoms with Crippen LogP contribution in [0.3, 0.4) is 0 Å². The molecule has 0 atom stereocenters. The lowest BCUT2D eigenvalue weighted by molar-refractivity contribution is 0.608. The van der Waals surface area contributed by atoms with Gasteiger partial charge in [0.2, 0.25) is 5.95 Å². The van der Waals surface area contributed by atoms with Crippen molar-refractivity contribution >= 4 is 28.5 Å². The number of fused-ring (bicyclic) bond motifs is 1. The standard InChI is InChI=1S/C21H17F2N9O/c1-10-14(23)8-27-9-16(10)32-17(29-15-3-2-11(22)6-12(15)20(32)33)4-5-28-19-13(7-24)18(25)30-21(26)31-19/h2-3,6,8-9H,4-5H2,1H3,(H5,25,26,28,30,31). The summed E-state index contributed by atoms with van der Waals surface area (Å²) in [6, 6.07) is 5.57. The number of nitrogen functional groups attached to an aromatic ring is 2. The van der Waals surface area contributed by atoms with Gasteiger partial charge in [0.15, 0.2) is 5.82 Å². The zero-order chi connectivity index (χ0) is 23.7. The summed E-state index contributed by atoms with van der Waals surface area (Å²) in [5.74, 6) is -0.999. The van der Waals surface area contributed by atoms with E-state index >= 15 is 0 Å². The maximum atomic E-state index is 14.2. The van der Waals surface area contributed by atoms with Crippen LogP contribution >= 0.6 is 0 Å². The van der Waals surface area contributed by atoms with Crippen LogP contribution in [0.5, 0.6) is 0 Å². The maximum absolute atomic E-state index is 14.2. The minimum Gasteiger partial charge on any atom is -0.382 e. The number of hydrogen-bond donors (Lipinski definition) is 3. The van der Waals surface area contributed by atoms with Crippen LogP contribution in [-0.4, -0.2) is 31.0 Å². The molecule has 33 heavy (non-hydrogen) atoms. The SMILES string of the molecule is Cc1c(F)cncc1-n1c(CCNc2nc(N)nc(N)c2C#N)nc2ccc(F)cc2c1=O. The number of aromatic nitrogens is 5. The first-order chi connectivity index (χ1) is 15.8. The Kier molecular flexibility index (Phi) is 5.53. The topological polar surface area (TPSA) is 161 Å². The number of nitrogens with two attached hydrogens (primary N) is 2. The number of benzene rings is 1. The molecule has 0 aliphatic heterocycles. The van der Waals surface area contributed by atoms with E-state index < -0.39 is 17.2 Å². The summed E-state index contributed by atoms with van der Waals surface area (Å²) in [5, 5.41) is 12.3. The third-order valence-electron chi connectivity index (χ3n) is 4.97. The van der Waals surface area contributed by atoms with Gasteiger partial charge in [-0.05, 0) is 25.1 Å². The van der Waals surface area contributed by atoms with Gasteiger partial charge in [-0.25, -0.2) is 13.8 Å². The quantitative estimate of drug-likeness (QED) is 0.413. The molecule has 12 heteroatoms. The summed E-state index contributed by atoms with van der Waals surface area (Å²) in [6.45, 7) is 1.66. The van der Waals surface area contributed by atoms with Crippen LogP contribution in [0, 0.1) is 29.9 Å². The number of rotatable bonds is 5. The van der Waals surface area contributed by atoms with E-state index in [0.717, 1.165) is 12.3 Å². The average molecular weight is 449 g/mol. The van der Waals surface area contributed by atoms with Crippen molar-refractivity contribution < 1.29 is 8.78 Å². The molecule has 10 nitrogen and oxygen atoms in total. The molecule has 3 heterocycles. The molecule has 5 N–H and O–H groups in total. The smallest absolute Gasteiger partial charge is 0.266 e. The molecule has 0 bridgehead atoms. The number of halogens is 2. The van der Waals surface area contributed by atoms with Gasteiger partial charge in [0.1, 0.15) is 34.9 Å². The monoisotopic (exact) mass is 449 g/mol. The highest BCUT2D eigenvalue weighted by Crippen LogP contribution is 2.20. The van der Waals surface area contributed by atoms with Crippen molar-refractivity contribution in [2.24, 2.45) is 0 Å². The molecule has 0 unspecified atom stereocenters. The highest BCUT2D eigenvalue weighted by molar-refractivity contribution is 5.78. The van der Waals surface area contributed by atoms with Crippen LogP contribution in [-0.2, 0) is 6.42 Å². The third kappa shape index (κ3) is 3.99. The largest absolute Gasteiger partial charge is 0.382 e. The Balaban J connectivity index is 1.79. The van der Waals surface area contributed by atoms with Gasteiger partial charge in [-0.3, -0.25) is 14.3 Å². The van der Waals surface area contributed by atoms with Crippen molar-refractivity contribution in [3.63, 3.8) is 0 Å². The van der Waals surface area contributed by atoms with Crippen LogP contribution in [0.15, 0.2) is 35.4 Å². The molecule has 0 saturated heterocycles. The molecular weight excluding hydrogens is 432 g/mol. The maximum Gasteiger partial charge on any atom is 0.266 e. The first kappa shape index (κ1) is 21.6. The van der Waals surface area contributed by atoms with Crippen molar-refractivity contribution in [3.8, 4) is 11.8 Å². The van der Waals surface area contributed by atoms with E-state index in [4.69, 9.17) is 11.5 Å². The highest BCUT2D eigenvalue weighted by atomic mass is 19.1. The molecule has 0 saturated carbocycles. The second kappa shape index (κ2) is 8.46. The number of pyridine rings is 1. The molecule has 4 rings (SSSR count). The summed E-state index contributed by atoms with van der Waals surface area (Å²) in [7, 11) is 0. The molecule has 0 aliphatic rings. The molecular formula is C21H17F2N9O. The number of anilines is 3. The van der Waals surface area contributed by atoms with Crippen LogP contribution in [0.25, 0.3) is 16.6 Å². The first-order valence-electron chi connectivity index (χ1n) is 9.68. The van der Waals surface area contributed by atoms with E-state index in [0.29, 0.717) is 0 Å². The fourth-order valence-electron chi connectivity index (χ4n) is 3.36. The van der Waals surface area contributed by atoms with Crippen molar-refractivity contribution in [2.75, 3.05) is 23.3 Å². The summed E-state index contributed by atoms with van der Waals surface area (Å²) in [4.78, 5) is 29.3. The van der Waals surface area contributed by atoms with Gasteiger partial charge in [0, 0.05) is 18.5 Å². The van der Waals surface area contributed by atoms with Gasteiger partial charge in [-0.1, -0.05) is 0 Å². The van der Waals surface area contributed by atoms with Crippen molar-refractivity contribution in [2.45, 2.75) is 13.3 Å². The second-order valence-electron chi connectivity index (χ2n) is 7.07. The zero-order valence-electron chi connectivity index (χ0n) is 17.3. The molecule has 166 valence electrons. The lowest BCUT2D eigenvalue weighted by Gasteiger charge is -2.16. The molecule has 1 aromatic carbocycles. The normalized spacial score (nSPS) is 10.8. The van der Waals surface area contributed by atoms with Gasteiger partial charge in [0.25, 0.3) is 5.56 Å². The Morgan fingerprint density at radius 3 is 2.73 bits per heavy atom. The number of nitriles is 1. The van der Waals surface area contributed by atoms with Crippen LogP contribution in [0.1, 0.15) is 17.0 Å². The molecule has 0 aliphatic carbocycles. The van der Waals surface area contributed by atoms with Gasteiger partial charge in [-0.2, -0.15) is 15.2 Å². The van der Waals surface area contributed by atoms with Crippen LogP contribution in [0.2, 0.25) is 0 Å². The fraction of sp³-hybridized carbons (Fsp3) is 0.143. The highest BCUT2D eigenvalue weighted by Gasteiger charge is 2.17. The fourth-order valence-corrected chi connectivity index (χ4v) is 3.36. The van der Waals surface area contributed by atoms with E-state index in [1.54, 1.807) is 0 Å². The van der Waals surface area contributed by atoms with E-state index in [9.17, 15) is 18.8 Å². The predicted molar refractivity (Wildman–Crippen MR) is 118 cm³/mol. The van der Waals surface area contributed by atoms with E-state index in [1.165, 1.54) is 29.8 Å². The Morgan fingerprint density at radius 2 is 1.97 bits per heavy atom. The van der Waals surface area contributed by atoms with Gasteiger partial charge in [-0.15, -0.1) is 0 Å². The summed E-state index contributed by atoms with van der Waals surface area (Å²) in [5.41, 5.74) is 11.4. The first-order valence-corrected chi connectivity index (χ1v) is 9.68. The third-order valence-corrected chi connectivity index (χ3v) is 4.97. The summed E-state index contributed by atoms with van der Waals surface area (Å²) in [6.07, 6.45) is 2.52.